The van der Waals surface area contributed by atoms with Crippen molar-refractivity contribution in [3.05, 3.63) is 76.6 Å². The van der Waals surface area contributed by atoms with Crippen LogP contribution in [-0.4, -0.2) is 23.4 Å². The van der Waals surface area contributed by atoms with E-state index in [-0.39, 0.29) is 18.0 Å². The molecule has 1 heterocycles. The molecule has 0 aliphatic rings. The van der Waals surface area contributed by atoms with Crippen LogP contribution in [0.2, 0.25) is 0 Å². The molecule has 0 fully saturated rings. The van der Waals surface area contributed by atoms with Crippen LogP contribution in [0.25, 0.3) is 10.6 Å². The maximum absolute atomic E-state index is 13.5. The molecule has 144 valence electrons. The fraction of sp³-hybridized carbons (Fsp3) is 0.105. The van der Waals surface area contributed by atoms with Crippen LogP contribution in [0, 0.1) is 17.5 Å². The molecule has 0 saturated heterocycles. The Balaban J connectivity index is 1.49. The number of hydrogen-bond donors (Lipinski definition) is 1. The maximum Gasteiger partial charge on any atom is 0.325 e. The van der Waals surface area contributed by atoms with E-state index in [0.29, 0.717) is 16.8 Å². The van der Waals surface area contributed by atoms with Crippen LogP contribution in [0.15, 0.2) is 47.8 Å². The Morgan fingerprint density at radius 2 is 1.75 bits per heavy atom. The van der Waals surface area contributed by atoms with Gasteiger partial charge in [0.15, 0.2) is 0 Å². The van der Waals surface area contributed by atoms with E-state index in [1.165, 1.54) is 23.5 Å². The number of nitrogens with one attached hydrogen (secondary N) is 1. The minimum Gasteiger partial charge on any atom is -0.458 e. The van der Waals surface area contributed by atoms with Crippen LogP contribution >= 0.6 is 11.3 Å². The number of hydrogen-bond acceptors (Lipinski definition) is 5. The zero-order valence-electron chi connectivity index (χ0n) is 14.2. The third-order valence-corrected chi connectivity index (χ3v) is 4.53. The van der Waals surface area contributed by atoms with Gasteiger partial charge in [0.05, 0.1) is 11.3 Å². The first-order valence-corrected chi connectivity index (χ1v) is 8.89. The summed E-state index contributed by atoms with van der Waals surface area (Å²) in [6, 6.07) is 8.33. The third-order valence-electron chi connectivity index (χ3n) is 3.59. The highest BCUT2D eigenvalue weighted by Crippen LogP contribution is 2.24. The zero-order chi connectivity index (χ0) is 20.1. The molecule has 0 aliphatic carbocycles. The normalized spacial score (nSPS) is 10.5. The predicted octanol–water partition coefficient (Wildman–Crippen LogP) is 3.70. The van der Waals surface area contributed by atoms with Crippen molar-refractivity contribution >= 4 is 23.2 Å². The summed E-state index contributed by atoms with van der Waals surface area (Å²) in [5, 5.41) is 4.54. The molecular weight excluding hydrogens is 393 g/mol. The topological polar surface area (TPSA) is 68.3 Å². The Bertz CT molecular complexity index is 1010. The van der Waals surface area contributed by atoms with Gasteiger partial charge in [-0.15, -0.1) is 11.3 Å². The molecule has 0 bridgehead atoms. The van der Waals surface area contributed by atoms with Gasteiger partial charge in [0.1, 0.15) is 35.6 Å². The van der Waals surface area contributed by atoms with Crippen LogP contribution in [0.5, 0.6) is 0 Å². The zero-order valence-corrected chi connectivity index (χ0v) is 15.1. The van der Waals surface area contributed by atoms with E-state index in [4.69, 9.17) is 4.74 Å². The Hall–Kier alpha value is -3.20. The Morgan fingerprint density at radius 3 is 2.46 bits per heavy atom. The molecule has 0 unspecified atom stereocenters. The van der Waals surface area contributed by atoms with Gasteiger partial charge < -0.3 is 10.1 Å². The Kier molecular flexibility index (Phi) is 6.05. The SMILES string of the molecule is O=C(CNC(=O)c1ccc(F)cc1F)OCc1csc(-c2ccc(F)cc2)n1. The minimum atomic E-state index is -1.03. The number of carbonyl (C=O) groups excluding carboxylic acids is 2. The second kappa shape index (κ2) is 8.66. The van der Waals surface area contributed by atoms with E-state index in [2.05, 4.69) is 10.3 Å². The Labute approximate surface area is 161 Å². The molecule has 3 rings (SSSR count). The van der Waals surface area contributed by atoms with Gasteiger partial charge in [-0.3, -0.25) is 9.59 Å². The van der Waals surface area contributed by atoms with Crippen molar-refractivity contribution in [2.24, 2.45) is 0 Å². The lowest BCUT2D eigenvalue weighted by molar-refractivity contribution is -0.143. The van der Waals surface area contributed by atoms with Crippen molar-refractivity contribution < 1.29 is 27.5 Å². The van der Waals surface area contributed by atoms with Gasteiger partial charge in [0.2, 0.25) is 0 Å². The van der Waals surface area contributed by atoms with E-state index in [9.17, 15) is 22.8 Å². The molecule has 1 N–H and O–H groups in total. The molecule has 1 amide bonds. The molecule has 9 heteroatoms. The van der Waals surface area contributed by atoms with Gasteiger partial charge in [0, 0.05) is 17.0 Å². The van der Waals surface area contributed by atoms with Gasteiger partial charge in [-0.1, -0.05) is 0 Å². The predicted molar refractivity (Wildman–Crippen MR) is 96.0 cm³/mol. The lowest BCUT2D eigenvalue weighted by Crippen LogP contribution is -2.31. The second-order valence-electron chi connectivity index (χ2n) is 5.62. The third kappa shape index (κ3) is 4.95. The molecule has 28 heavy (non-hydrogen) atoms. The largest absolute Gasteiger partial charge is 0.458 e. The molecular formula is C19H13F3N2O3S. The molecule has 0 spiro atoms. The lowest BCUT2D eigenvalue weighted by Gasteiger charge is -2.06. The van der Waals surface area contributed by atoms with Crippen molar-refractivity contribution in [3.63, 3.8) is 0 Å². The highest BCUT2D eigenvalue weighted by Gasteiger charge is 2.14. The standard InChI is InChI=1S/C19H13F3N2O3S/c20-12-3-1-11(2-4-12)19-24-14(10-28-19)9-27-17(25)8-23-18(26)15-6-5-13(21)7-16(15)22/h1-7,10H,8-9H2,(H,23,26). The molecule has 1 aromatic heterocycles. The van der Waals surface area contributed by atoms with E-state index in [1.807, 2.05) is 0 Å². The fourth-order valence-corrected chi connectivity index (χ4v) is 3.04. The number of nitrogens with zero attached hydrogens (tertiary/aromatic N) is 1. The van der Waals surface area contributed by atoms with E-state index in [0.717, 1.165) is 17.7 Å². The number of aromatic nitrogens is 1. The van der Waals surface area contributed by atoms with Crippen LogP contribution in [0.3, 0.4) is 0 Å². The summed E-state index contributed by atoms with van der Waals surface area (Å²) in [4.78, 5) is 27.9. The molecule has 0 atom stereocenters. The van der Waals surface area contributed by atoms with E-state index >= 15 is 0 Å². The van der Waals surface area contributed by atoms with Gasteiger partial charge in [-0.05, 0) is 36.4 Å². The maximum atomic E-state index is 13.5. The quantitative estimate of drug-likeness (QED) is 0.634. The number of ether oxygens (including phenoxy) is 1. The van der Waals surface area contributed by atoms with Crippen LogP contribution < -0.4 is 5.32 Å². The highest BCUT2D eigenvalue weighted by atomic mass is 32.1. The summed E-state index contributed by atoms with van der Waals surface area (Å²) >= 11 is 1.31. The van der Waals surface area contributed by atoms with Crippen molar-refractivity contribution in [2.75, 3.05) is 6.54 Å². The number of carbonyl (C=O) groups is 2. The summed E-state index contributed by atoms with van der Waals surface area (Å²) in [5.74, 6) is -3.79. The van der Waals surface area contributed by atoms with E-state index in [1.54, 1.807) is 17.5 Å². The van der Waals surface area contributed by atoms with Crippen molar-refractivity contribution in [1.82, 2.24) is 10.3 Å². The summed E-state index contributed by atoms with van der Waals surface area (Å²) in [6.45, 7) is -0.595. The molecule has 2 aromatic carbocycles. The second-order valence-corrected chi connectivity index (χ2v) is 6.48. The van der Waals surface area contributed by atoms with Gasteiger partial charge in [-0.25, -0.2) is 18.2 Å². The number of rotatable bonds is 6. The van der Waals surface area contributed by atoms with Crippen LogP contribution in [0.4, 0.5) is 13.2 Å². The smallest absolute Gasteiger partial charge is 0.325 e. The van der Waals surface area contributed by atoms with E-state index < -0.39 is 30.1 Å². The average Bonchev–Trinajstić information content (AvgIpc) is 3.14. The number of esters is 1. The molecule has 3 aromatic rings. The first-order valence-electron chi connectivity index (χ1n) is 8.01. The summed E-state index contributed by atoms with van der Waals surface area (Å²) in [5.41, 5.74) is 0.851. The number of halogens is 3. The average molecular weight is 406 g/mol. The monoisotopic (exact) mass is 406 g/mol. The number of amides is 1. The molecule has 5 nitrogen and oxygen atoms in total. The van der Waals surface area contributed by atoms with Crippen LogP contribution in [-0.2, 0) is 16.1 Å². The van der Waals surface area contributed by atoms with Gasteiger partial charge in [-0.2, -0.15) is 0 Å². The van der Waals surface area contributed by atoms with Crippen molar-refractivity contribution in [3.8, 4) is 10.6 Å². The first kappa shape index (κ1) is 19.6. The van der Waals surface area contributed by atoms with Gasteiger partial charge in [0.25, 0.3) is 5.91 Å². The molecule has 0 saturated carbocycles. The van der Waals surface area contributed by atoms with Crippen LogP contribution in [0.1, 0.15) is 16.1 Å². The molecule has 0 radical (unpaired) electrons. The summed E-state index contributed by atoms with van der Waals surface area (Å²) in [6.07, 6.45) is 0. The number of thiazole rings is 1. The molecule has 0 aliphatic heterocycles. The first-order chi connectivity index (χ1) is 13.4. The summed E-state index contributed by atoms with van der Waals surface area (Å²) in [7, 11) is 0. The number of benzene rings is 2. The van der Waals surface area contributed by atoms with Crippen molar-refractivity contribution in [2.45, 2.75) is 6.61 Å². The summed E-state index contributed by atoms with van der Waals surface area (Å²) < 4.78 is 44.3. The fourth-order valence-electron chi connectivity index (χ4n) is 2.23. The lowest BCUT2D eigenvalue weighted by atomic mass is 10.2. The van der Waals surface area contributed by atoms with Gasteiger partial charge >= 0.3 is 5.97 Å². The highest BCUT2D eigenvalue weighted by molar-refractivity contribution is 7.13. The minimum absolute atomic E-state index is 0.114. The Morgan fingerprint density at radius 1 is 1.04 bits per heavy atom. The van der Waals surface area contributed by atoms with Crippen molar-refractivity contribution in [1.29, 1.82) is 0 Å².